The SMILES string of the molecule is C=C/C=C\C(=C/C)c1cc(-n2c3ccccc3n3c4ccccc4nc23)ccc1N. The number of allylic oxidation sites excluding steroid dienone is 5. The Balaban J connectivity index is 1.84. The minimum atomic E-state index is 0.738. The van der Waals surface area contributed by atoms with Crippen molar-refractivity contribution in [2.24, 2.45) is 0 Å². The summed E-state index contributed by atoms with van der Waals surface area (Å²) in [5.74, 6) is 0.886. The maximum Gasteiger partial charge on any atom is 0.220 e. The Kier molecular flexibility index (Phi) is 4.25. The average Bonchev–Trinajstić information content (AvgIpc) is 3.30. The van der Waals surface area contributed by atoms with E-state index in [1.54, 1.807) is 6.08 Å². The minimum Gasteiger partial charge on any atom is -0.398 e. The smallest absolute Gasteiger partial charge is 0.220 e. The van der Waals surface area contributed by atoms with Gasteiger partial charge in [0.25, 0.3) is 0 Å². The number of nitrogens with two attached hydrogens (primary N) is 1. The van der Waals surface area contributed by atoms with Crippen LogP contribution in [-0.4, -0.2) is 14.0 Å². The predicted octanol–water partition coefficient (Wildman–Crippen LogP) is 6.16. The first-order valence-corrected chi connectivity index (χ1v) is 9.95. The van der Waals surface area contributed by atoms with Gasteiger partial charge in [0, 0.05) is 16.9 Å². The standard InChI is InChI=1S/C26H22N4/c1-3-5-10-18(4-2)20-17-19(15-16-21(20)27)29-24-13-8-9-14-25(24)30-23-12-7-6-11-22(23)28-26(29)30/h3-17H,1,27H2,2H3/b10-5-,18-4+. The summed E-state index contributed by atoms with van der Waals surface area (Å²) in [6.07, 6.45) is 7.77. The van der Waals surface area contributed by atoms with Crippen molar-refractivity contribution in [2.75, 3.05) is 5.73 Å². The number of benzene rings is 3. The minimum absolute atomic E-state index is 0.738. The highest BCUT2D eigenvalue weighted by atomic mass is 15.2. The van der Waals surface area contributed by atoms with E-state index < -0.39 is 0 Å². The molecule has 0 saturated heterocycles. The van der Waals surface area contributed by atoms with E-state index in [9.17, 15) is 0 Å². The number of nitrogen functional groups attached to an aromatic ring is 1. The second-order valence-corrected chi connectivity index (χ2v) is 7.17. The lowest BCUT2D eigenvalue weighted by Crippen LogP contribution is -1.99. The molecule has 4 heteroatoms. The monoisotopic (exact) mass is 390 g/mol. The first-order chi connectivity index (χ1) is 14.7. The van der Waals surface area contributed by atoms with E-state index in [0.717, 1.165) is 50.4 Å². The molecule has 0 unspecified atom stereocenters. The topological polar surface area (TPSA) is 48.2 Å². The first-order valence-electron chi connectivity index (χ1n) is 9.95. The highest BCUT2D eigenvalue weighted by molar-refractivity contribution is 5.92. The molecule has 0 aliphatic heterocycles. The summed E-state index contributed by atoms with van der Waals surface area (Å²) >= 11 is 0. The summed E-state index contributed by atoms with van der Waals surface area (Å²) < 4.78 is 4.41. The molecule has 0 radical (unpaired) electrons. The van der Waals surface area contributed by atoms with Crippen LogP contribution in [0.5, 0.6) is 0 Å². The lowest BCUT2D eigenvalue weighted by atomic mass is 10.0. The van der Waals surface area contributed by atoms with Gasteiger partial charge in [0.05, 0.1) is 22.1 Å². The first kappa shape index (κ1) is 18.0. The van der Waals surface area contributed by atoms with Gasteiger partial charge in [-0.25, -0.2) is 4.98 Å². The Morgan fingerprint density at radius 3 is 2.47 bits per heavy atom. The van der Waals surface area contributed by atoms with Crippen LogP contribution in [0, 0.1) is 0 Å². The van der Waals surface area contributed by atoms with Crippen molar-refractivity contribution in [1.82, 2.24) is 14.0 Å². The van der Waals surface area contributed by atoms with Gasteiger partial charge in [-0.3, -0.25) is 8.97 Å². The van der Waals surface area contributed by atoms with E-state index in [1.807, 2.05) is 43.3 Å². The molecule has 146 valence electrons. The zero-order valence-electron chi connectivity index (χ0n) is 16.8. The third kappa shape index (κ3) is 2.65. The van der Waals surface area contributed by atoms with Crippen LogP contribution >= 0.6 is 0 Å². The average molecular weight is 390 g/mol. The van der Waals surface area contributed by atoms with E-state index in [2.05, 4.69) is 64.1 Å². The van der Waals surface area contributed by atoms with E-state index >= 15 is 0 Å². The van der Waals surface area contributed by atoms with E-state index in [0.29, 0.717) is 0 Å². The molecular formula is C26H22N4. The Morgan fingerprint density at radius 2 is 1.70 bits per heavy atom. The fourth-order valence-corrected chi connectivity index (χ4v) is 4.05. The summed E-state index contributed by atoms with van der Waals surface area (Å²) in [4.78, 5) is 4.95. The van der Waals surface area contributed by atoms with Crippen LogP contribution < -0.4 is 5.73 Å². The van der Waals surface area contributed by atoms with E-state index in [4.69, 9.17) is 10.7 Å². The number of rotatable bonds is 4. The summed E-state index contributed by atoms with van der Waals surface area (Å²) in [5, 5.41) is 0. The Morgan fingerprint density at radius 1 is 0.967 bits per heavy atom. The van der Waals surface area contributed by atoms with Gasteiger partial charge in [0.2, 0.25) is 5.78 Å². The van der Waals surface area contributed by atoms with E-state index in [1.165, 1.54) is 0 Å². The van der Waals surface area contributed by atoms with Crippen LogP contribution in [0.15, 0.2) is 97.6 Å². The fourth-order valence-electron chi connectivity index (χ4n) is 4.05. The van der Waals surface area contributed by atoms with Crippen molar-refractivity contribution in [2.45, 2.75) is 6.92 Å². The number of anilines is 1. The van der Waals surface area contributed by atoms with Gasteiger partial charge >= 0.3 is 0 Å². The molecule has 2 aromatic heterocycles. The highest BCUT2D eigenvalue weighted by Gasteiger charge is 2.17. The van der Waals surface area contributed by atoms with Crippen molar-refractivity contribution in [1.29, 1.82) is 0 Å². The lowest BCUT2D eigenvalue weighted by Gasteiger charge is -2.11. The van der Waals surface area contributed by atoms with Crippen molar-refractivity contribution in [3.05, 3.63) is 103 Å². The summed E-state index contributed by atoms with van der Waals surface area (Å²) in [6, 6.07) is 22.8. The summed E-state index contributed by atoms with van der Waals surface area (Å²) in [7, 11) is 0. The largest absolute Gasteiger partial charge is 0.398 e. The fraction of sp³-hybridized carbons (Fsp3) is 0.0385. The Labute approximate surface area is 174 Å². The van der Waals surface area contributed by atoms with Crippen LogP contribution in [0.3, 0.4) is 0 Å². The highest BCUT2D eigenvalue weighted by Crippen LogP contribution is 2.32. The van der Waals surface area contributed by atoms with Crippen molar-refractivity contribution < 1.29 is 0 Å². The molecule has 30 heavy (non-hydrogen) atoms. The second kappa shape index (κ2) is 7.08. The maximum absolute atomic E-state index is 6.35. The molecule has 0 bridgehead atoms. The quantitative estimate of drug-likeness (QED) is 0.295. The van der Waals surface area contributed by atoms with Gasteiger partial charge in [-0.1, -0.05) is 55.1 Å². The number of aromatic nitrogens is 3. The molecule has 2 heterocycles. The molecule has 0 atom stereocenters. The molecule has 0 amide bonds. The molecule has 0 fully saturated rings. The number of nitrogens with zero attached hydrogens (tertiary/aromatic N) is 3. The van der Waals surface area contributed by atoms with Crippen molar-refractivity contribution >= 4 is 39.1 Å². The number of imidazole rings is 2. The molecule has 5 aromatic rings. The molecule has 0 saturated carbocycles. The number of hydrogen-bond acceptors (Lipinski definition) is 2. The maximum atomic E-state index is 6.35. The molecule has 0 aliphatic rings. The van der Waals surface area contributed by atoms with Crippen LogP contribution in [0.2, 0.25) is 0 Å². The number of fused-ring (bicyclic) bond motifs is 5. The van der Waals surface area contributed by atoms with Crippen LogP contribution in [0.1, 0.15) is 12.5 Å². The third-order valence-electron chi connectivity index (χ3n) is 5.44. The molecule has 0 aliphatic carbocycles. The van der Waals surface area contributed by atoms with Crippen LogP contribution in [0.25, 0.3) is 39.1 Å². The summed E-state index contributed by atoms with van der Waals surface area (Å²) in [5.41, 5.74) is 14.4. The normalized spacial score (nSPS) is 12.5. The van der Waals surface area contributed by atoms with Gasteiger partial charge < -0.3 is 5.73 Å². The van der Waals surface area contributed by atoms with Gasteiger partial charge in [-0.2, -0.15) is 0 Å². The molecule has 2 N–H and O–H groups in total. The Hall–Kier alpha value is -4.05. The van der Waals surface area contributed by atoms with Gasteiger partial charge in [-0.15, -0.1) is 0 Å². The zero-order valence-corrected chi connectivity index (χ0v) is 16.8. The molecule has 0 spiro atoms. The summed E-state index contributed by atoms with van der Waals surface area (Å²) in [6.45, 7) is 5.78. The number of hydrogen-bond donors (Lipinski definition) is 1. The molecule has 3 aromatic carbocycles. The lowest BCUT2D eigenvalue weighted by molar-refractivity contribution is 1.11. The van der Waals surface area contributed by atoms with Gasteiger partial charge in [0.1, 0.15) is 0 Å². The second-order valence-electron chi connectivity index (χ2n) is 7.17. The third-order valence-corrected chi connectivity index (χ3v) is 5.44. The number of para-hydroxylation sites is 4. The molecule has 4 nitrogen and oxygen atoms in total. The molecule has 5 rings (SSSR count). The van der Waals surface area contributed by atoms with Crippen molar-refractivity contribution in [3.63, 3.8) is 0 Å². The van der Waals surface area contributed by atoms with E-state index in [-0.39, 0.29) is 0 Å². The van der Waals surface area contributed by atoms with Crippen molar-refractivity contribution in [3.8, 4) is 5.69 Å². The van der Waals surface area contributed by atoms with Gasteiger partial charge in [-0.05, 0) is 55.0 Å². The zero-order chi connectivity index (χ0) is 20.7. The Bertz CT molecular complexity index is 1480. The van der Waals surface area contributed by atoms with Gasteiger partial charge in [0.15, 0.2) is 0 Å². The van der Waals surface area contributed by atoms with Crippen LogP contribution in [-0.2, 0) is 0 Å². The predicted molar refractivity (Wildman–Crippen MR) is 127 cm³/mol. The molecular weight excluding hydrogens is 368 g/mol. The van der Waals surface area contributed by atoms with Crippen LogP contribution in [0.4, 0.5) is 5.69 Å².